The lowest BCUT2D eigenvalue weighted by Crippen LogP contribution is -2.21. The number of likely N-dealkylation sites (tertiary alicyclic amines) is 1. The summed E-state index contributed by atoms with van der Waals surface area (Å²) in [6, 6.07) is 4.19. The van der Waals surface area contributed by atoms with Gasteiger partial charge in [0, 0.05) is 12.0 Å². The van der Waals surface area contributed by atoms with Crippen LogP contribution in [0.25, 0.3) is 5.57 Å². The molecule has 2 aliphatic rings. The molecular formula is C14H15NO4S. The third kappa shape index (κ3) is 2.25. The van der Waals surface area contributed by atoms with Crippen molar-refractivity contribution in [3.63, 3.8) is 0 Å². The Kier molecular flexibility index (Phi) is 3.14. The van der Waals surface area contributed by atoms with E-state index >= 15 is 0 Å². The number of sulfone groups is 1. The molecule has 1 N–H and O–H groups in total. The van der Waals surface area contributed by atoms with Gasteiger partial charge in [0.2, 0.25) is 9.84 Å². The first-order valence-electron chi connectivity index (χ1n) is 6.53. The van der Waals surface area contributed by atoms with Crippen LogP contribution >= 0.6 is 0 Å². The smallest absolute Gasteiger partial charge is 0.335 e. The van der Waals surface area contributed by atoms with Gasteiger partial charge in [0.25, 0.3) is 0 Å². The van der Waals surface area contributed by atoms with Crippen LogP contribution in [0.1, 0.15) is 28.8 Å². The van der Waals surface area contributed by atoms with E-state index in [0.29, 0.717) is 17.7 Å². The predicted octanol–water partition coefficient (Wildman–Crippen LogP) is 1.61. The molecule has 0 saturated carbocycles. The van der Waals surface area contributed by atoms with Gasteiger partial charge in [-0.2, -0.15) is 0 Å². The number of carboxylic acid groups (broad SMARTS) is 1. The van der Waals surface area contributed by atoms with Crippen LogP contribution in [0.2, 0.25) is 0 Å². The minimum absolute atomic E-state index is 0.119. The van der Waals surface area contributed by atoms with E-state index in [0.717, 1.165) is 25.9 Å². The summed E-state index contributed by atoms with van der Waals surface area (Å²) >= 11 is 0. The predicted molar refractivity (Wildman–Crippen MR) is 74.2 cm³/mol. The van der Waals surface area contributed by atoms with Gasteiger partial charge in [0.1, 0.15) is 0 Å². The van der Waals surface area contributed by atoms with Crippen molar-refractivity contribution in [1.29, 1.82) is 0 Å². The van der Waals surface area contributed by atoms with E-state index in [2.05, 4.69) is 4.90 Å². The summed E-state index contributed by atoms with van der Waals surface area (Å²) in [6.45, 7) is 2.49. The Bertz CT molecular complexity index is 700. The van der Waals surface area contributed by atoms with Crippen molar-refractivity contribution in [2.45, 2.75) is 17.7 Å². The molecule has 20 heavy (non-hydrogen) atoms. The SMILES string of the molecule is O=C(O)c1ccc2c(c1)C(CN1CCCC1)=CS2(=O)=O. The maximum atomic E-state index is 12.1. The van der Waals surface area contributed by atoms with Crippen molar-refractivity contribution in [2.24, 2.45) is 0 Å². The topological polar surface area (TPSA) is 74.7 Å². The number of carbonyl (C=O) groups is 1. The fraction of sp³-hybridized carbons (Fsp3) is 0.357. The fourth-order valence-electron chi connectivity index (χ4n) is 2.78. The van der Waals surface area contributed by atoms with Gasteiger partial charge in [-0.05, 0) is 55.3 Å². The molecule has 3 rings (SSSR count). The fourth-order valence-corrected chi connectivity index (χ4v) is 4.24. The molecule has 2 heterocycles. The van der Waals surface area contributed by atoms with Crippen molar-refractivity contribution in [1.82, 2.24) is 4.90 Å². The van der Waals surface area contributed by atoms with Crippen molar-refractivity contribution in [3.8, 4) is 0 Å². The molecule has 0 radical (unpaired) electrons. The Balaban J connectivity index is 2.01. The second kappa shape index (κ2) is 4.71. The molecule has 0 aromatic heterocycles. The van der Waals surface area contributed by atoms with Gasteiger partial charge in [0.15, 0.2) is 0 Å². The van der Waals surface area contributed by atoms with Crippen LogP contribution in [0.4, 0.5) is 0 Å². The maximum absolute atomic E-state index is 12.1. The lowest BCUT2D eigenvalue weighted by Gasteiger charge is -2.15. The van der Waals surface area contributed by atoms with E-state index in [1.165, 1.54) is 23.6 Å². The summed E-state index contributed by atoms with van der Waals surface area (Å²) in [5, 5.41) is 10.3. The van der Waals surface area contributed by atoms with Crippen LogP contribution in [0.3, 0.4) is 0 Å². The number of nitrogens with zero attached hydrogens (tertiary/aromatic N) is 1. The van der Waals surface area contributed by atoms with Crippen LogP contribution in [0.15, 0.2) is 28.5 Å². The molecule has 1 aromatic carbocycles. The summed E-state index contributed by atoms with van der Waals surface area (Å²) in [5.41, 5.74) is 1.36. The Morgan fingerprint density at radius 2 is 1.95 bits per heavy atom. The largest absolute Gasteiger partial charge is 0.478 e. The van der Waals surface area contributed by atoms with Gasteiger partial charge in [-0.25, -0.2) is 13.2 Å². The number of hydrogen-bond acceptors (Lipinski definition) is 4. The molecule has 1 fully saturated rings. The second-order valence-corrected chi connectivity index (χ2v) is 6.95. The number of aromatic carboxylic acids is 1. The standard InChI is InChI=1S/C14H15NO4S/c16-14(17)10-3-4-13-12(7-10)11(9-20(13,18)19)8-15-5-1-2-6-15/h3-4,7,9H,1-2,5-6,8H2,(H,16,17). The number of fused-ring (bicyclic) bond motifs is 1. The quantitative estimate of drug-likeness (QED) is 0.916. The summed E-state index contributed by atoms with van der Waals surface area (Å²) in [6.07, 6.45) is 2.25. The van der Waals surface area contributed by atoms with Crippen LogP contribution < -0.4 is 0 Å². The Morgan fingerprint density at radius 1 is 1.25 bits per heavy atom. The van der Waals surface area contributed by atoms with Crippen molar-refractivity contribution < 1.29 is 18.3 Å². The first kappa shape index (κ1) is 13.3. The molecule has 0 atom stereocenters. The highest BCUT2D eigenvalue weighted by molar-refractivity contribution is 7.95. The normalized spacial score (nSPS) is 20.7. The third-order valence-electron chi connectivity index (χ3n) is 3.77. The Morgan fingerprint density at radius 3 is 2.60 bits per heavy atom. The van der Waals surface area contributed by atoms with Crippen LogP contribution in [0, 0.1) is 0 Å². The highest BCUT2D eigenvalue weighted by Crippen LogP contribution is 2.35. The average molecular weight is 293 g/mol. The first-order valence-corrected chi connectivity index (χ1v) is 8.08. The molecule has 106 valence electrons. The van der Waals surface area contributed by atoms with E-state index in [1.807, 2.05) is 0 Å². The van der Waals surface area contributed by atoms with Crippen LogP contribution in [-0.4, -0.2) is 44.0 Å². The molecular weight excluding hydrogens is 278 g/mol. The minimum Gasteiger partial charge on any atom is -0.478 e. The van der Waals surface area contributed by atoms with Crippen LogP contribution in [-0.2, 0) is 9.84 Å². The van der Waals surface area contributed by atoms with Gasteiger partial charge in [0.05, 0.1) is 10.5 Å². The Labute approximate surface area is 117 Å². The summed E-state index contributed by atoms with van der Waals surface area (Å²) in [4.78, 5) is 13.5. The molecule has 2 aliphatic heterocycles. The van der Waals surface area contributed by atoms with Crippen molar-refractivity contribution >= 4 is 21.4 Å². The first-order chi connectivity index (χ1) is 9.47. The Hall–Kier alpha value is -1.66. The van der Waals surface area contributed by atoms with Gasteiger partial charge < -0.3 is 5.11 Å². The van der Waals surface area contributed by atoms with E-state index in [-0.39, 0.29) is 10.5 Å². The number of carboxylic acids is 1. The highest BCUT2D eigenvalue weighted by Gasteiger charge is 2.29. The van der Waals surface area contributed by atoms with E-state index in [9.17, 15) is 13.2 Å². The molecule has 6 heteroatoms. The molecule has 1 saturated heterocycles. The zero-order valence-corrected chi connectivity index (χ0v) is 11.7. The molecule has 5 nitrogen and oxygen atoms in total. The number of benzene rings is 1. The monoisotopic (exact) mass is 293 g/mol. The zero-order valence-electron chi connectivity index (χ0n) is 10.9. The van der Waals surface area contributed by atoms with Crippen LogP contribution in [0.5, 0.6) is 0 Å². The highest BCUT2D eigenvalue weighted by atomic mass is 32.2. The maximum Gasteiger partial charge on any atom is 0.335 e. The average Bonchev–Trinajstić information content (AvgIpc) is 2.97. The van der Waals surface area contributed by atoms with Gasteiger partial charge >= 0.3 is 5.97 Å². The summed E-state index contributed by atoms with van der Waals surface area (Å²) in [7, 11) is -3.42. The van der Waals surface area contributed by atoms with E-state index < -0.39 is 15.8 Å². The molecule has 0 aliphatic carbocycles. The minimum atomic E-state index is -3.42. The van der Waals surface area contributed by atoms with Crippen molar-refractivity contribution in [3.05, 3.63) is 34.7 Å². The van der Waals surface area contributed by atoms with Gasteiger partial charge in [-0.15, -0.1) is 0 Å². The molecule has 0 bridgehead atoms. The van der Waals surface area contributed by atoms with E-state index in [4.69, 9.17) is 5.11 Å². The van der Waals surface area contributed by atoms with Gasteiger partial charge in [-0.3, -0.25) is 4.90 Å². The summed E-state index contributed by atoms with van der Waals surface area (Å²) < 4.78 is 24.2. The molecule has 0 spiro atoms. The second-order valence-electron chi connectivity index (χ2n) is 5.19. The number of hydrogen-bond donors (Lipinski definition) is 1. The molecule has 0 unspecified atom stereocenters. The van der Waals surface area contributed by atoms with E-state index in [1.54, 1.807) is 0 Å². The third-order valence-corrected chi connectivity index (χ3v) is 5.33. The van der Waals surface area contributed by atoms with Gasteiger partial charge in [-0.1, -0.05) is 0 Å². The number of rotatable bonds is 3. The molecule has 1 aromatic rings. The lowest BCUT2D eigenvalue weighted by atomic mass is 10.0. The van der Waals surface area contributed by atoms with Crippen molar-refractivity contribution in [2.75, 3.05) is 19.6 Å². The zero-order chi connectivity index (χ0) is 14.3. The summed E-state index contributed by atoms with van der Waals surface area (Å²) in [5.74, 6) is -1.04. The lowest BCUT2D eigenvalue weighted by molar-refractivity contribution is 0.0696. The molecule has 0 amide bonds.